The summed E-state index contributed by atoms with van der Waals surface area (Å²) in [6, 6.07) is 6.32. The predicted octanol–water partition coefficient (Wildman–Crippen LogP) is 0.199. The summed E-state index contributed by atoms with van der Waals surface area (Å²) >= 11 is 0. The van der Waals surface area contributed by atoms with Crippen molar-refractivity contribution in [3.63, 3.8) is 0 Å². The van der Waals surface area contributed by atoms with Crippen LogP contribution in [0.4, 0.5) is 0 Å². The molecule has 2 aliphatic rings. The average Bonchev–Trinajstić information content (AvgIpc) is 2.75. The van der Waals surface area contributed by atoms with Gasteiger partial charge in [0.25, 0.3) is 0 Å². The normalized spacial score (nSPS) is 30.0. The number of nitrogens with one attached hydrogen (secondary N) is 1. The Morgan fingerprint density at radius 2 is 2.00 bits per heavy atom. The molecule has 0 saturated carbocycles. The molecule has 0 radical (unpaired) electrons. The number of esters is 1. The molecule has 6 nitrogen and oxygen atoms in total. The number of hydrogen-bond donors (Lipinski definition) is 3. The third kappa shape index (κ3) is 1.43. The van der Waals surface area contributed by atoms with Crippen LogP contribution in [0.5, 0.6) is 0 Å². The minimum atomic E-state index is -2.37. The van der Waals surface area contributed by atoms with Gasteiger partial charge in [-0.2, -0.15) is 0 Å². The Bertz CT molecular complexity index is 695. The highest BCUT2D eigenvalue weighted by Crippen LogP contribution is 2.51. The van der Waals surface area contributed by atoms with Crippen LogP contribution in [0.3, 0.4) is 0 Å². The smallest absolute Gasteiger partial charge is 0.339 e. The molecule has 110 valence electrons. The van der Waals surface area contributed by atoms with E-state index in [1.165, 1.54) is 13.0 Å². The van der Waals surface area contributed by atoms with Gasteiger partial charge in [0.05, 0.1) is 6.61 Å². The standard InChI is InChI=1S/C15H15NO5/c1-3-21-13(18)11-8(2)16-15(20)10-7-5-4-6-9(10)12(17)14(11,15)19/h4-7,16,19-20H,3H2,1-2H3/t14-,15-/m1/s1. The molecule has 0 aromatic heterocycles. The van der Waals surface area contributed by atoms with Gasteiger partial charge in [-0.05, 0) is 13.8 Å². The Morgan fingerprint density at radius 3 is 2.67 bits per heavy atom. The van der Waals surface area contributed by atoms with Gasteiger partial charge in [-0.25, -0.2) is 4.79 Å². The summed E-state index contributed by atoms with van der Waals surface area (Å²) < 4.78 is 4.90. The van der Waals surface area contributed by atoms with Gasteiger partial charge in [-0.3, -0.25) is 4.79 Å². The average molecular weight is 289 g/mol. The van der Waals surface area contributed by atoms with Gasteiger partial charge >= 0.3 is 5.97 Å². The van der Waals surface area contributed by atoms with E-state index in [0.717, 1.165) is 0 Å². The number of ketones is 1. The third-order valence-corrected chi connectivity index (χ3v) is 4.00. The quantitative estimate of drug-likeness (QED) is 0.673. The number of rotatable bonds is 2. The maximum absolute atomic E-state index is 12.6. The monoisotopic (exact) mass is 289 g/mol. The molecule has 6 heteroatoms. The Labute approximate surface area is 121 Å². The van der Waals surface area contributed by atoms with Crippen molar-refractivity contribution in [2.45, 2.75) is 25.2 Å². The van der Waals surface area contributed by atoms with Crippen LogP contribution in [0, 0.1) is 0 Å². The van der Waals surface area contributed by atoms with E-state index >= 15 is 0 Å². The zero-order valence-corrected chi connectivity index (χ0v) is 11.6. The molecule has 1 heterocycles. The Kier molecular flexibility index (Phi) is 2.73. The summed E-state index contributed by atoms with van der Waals surface area (Å²) in [5.41, 5.74) is -4.00. The number of aliphatic hydroxyl groups is 2. The van der Waals surface area contributed by atoms with Crippen LogP contribution in [-0.2, 0) is 15.3 Å². The van der Waals surface area contributed by atoms with Crippen LogP contribution >= 0.6 is 0 Å². The molecule has 0 unspecified atom stereocenters. The molecule has 0 saturated heterocycles. The fourth-order valence-electron chi connectivity index (χ4n) is 3.11. The Balaban J connectivity index is 2.21. The molecule has 0 fully saturated rings. The van der Waals surface area contributed by atoms with E-state index in [0.29, 0.717) is 0 Å². The second kappa shape index (κ2) is 4.16. The molecule has 1 aliphatic heterocycles. The topological polar surface area (TPSA) is 95.9 Å². The molecule has 0 spiro atoms. The molecule has 1 aliphatic carbocycles. The van der Waals surface area contributed by atoms with Gasteiger partial charge in [0.15, 0.2) is 0 Å². The molecule has 0 amide bonds. The molecule has 3 N–H and O–H groups in total. The van der Waals surface area contributed by atoms with Crippen LogP contribution in [0.25, 0.3) is 0 Å². The number of carbonyl (C=O) groups excluding carboxylic acids is 2. The van der Waals surface area contributed by atoms with Crippen LogP contribution in [0.1, 0.15) is 29.8 Å². The van der Waals surface area contributed by atoms with Crippen LogP contribution in [0.15, 0.2) is 35.5 Å². The van der Waals surface area contributed by atoms with Gasteiger partial charge in [0.1, 0.15) is 5.57 Å². The molecule has 3 rings (SSSR count). The van der Waals surface area contributed by atoms with Crippen molar-refractivity contribution in [1.29, 1.82) is 0 Å². The summed E-state index contributed by atoms with van der Waals surface area (Å²) in [5.74, 6) is -1.53. The molecule has 21 heavy (non-hydrogen) atoms. The van der Waals surface area contributed by atoms with Crippen LogP contribution in [-0.4, -0.2) is 34.2 Å². The van der Waals surface area contributed by atoms with E-state index in [1.807, 2.05) is 0 Å². The van der Waals surface area contributed by atoms with Crippen LogP contribution in [0.2, 0.25) is 0 Å². The molecule has 0 bridgehead atoms. The largest absolute Gasteiger partial charge is 0.462 e. The van der Waals surface area contributed by atoms with Crippen LogP contribution < -0.4 is 5.32 Å². The van der Waals surface area contributed by atoms with E-state index in [2.05, 4.69) is 5.32 Å². The first kappa shape index (κ1) is 13.8. The summed E-state index contributed by atoms with van der Waals surface area (Å²) in [6.07, 6.45) is 0. The zero-order valence-electron chi connectivity index (χ0n) is 11.6. The van der Waals surface area contributed by atoms with E-state index in [4.69, 9.17) is 4.74 Å². The minimum absolute atomic E-state index is 0.102. The number of carbonyl (C=O) groups is 2. The van der Waals surface area contributed by atoms with Gasteiger partial charge in [0, 0.05) is 16.8 Å². The number of hydrogen-bond acceptors (Lipinski definition) is 6. The Hall–Kier alpha value is -2.18. The summed E-state index contributed by atoms with van der Waals surface area (Å²) in [5, 5.41) is 24.4. The van der Waals surface area contributed by atoms with Crippen molar-refractivity contribution < 1.29 is 24.5 Å². The lowest BCUT2D eigenvalue weighted by atomic mass is 9.85. The van der Waals surface area contributed by atoms with E-state index in [1.54, 1.807) is 25.1 Å². The maximum Gasteiger partial charge on any atom is 0.339 e. The first-order valence-electron chi connectivity index (χ1n) is 6.63. The van der Waals surface area contributed by atoms with Crippen molar-refractivity contribution in [2.24, 2.45) is 0 Å². The van der Waals surface area contributed by atoms with Gasteiger partial charge in [-0.15, -0.1) is 0 Å². The molecular formula is C15H15NO5. The predicted molar refractivity (Wildman–Crippen MR) is 72.1 cm³/mol. The number of ether oxygens (including phenoxy) is 1. The van der Waals surface area contributed by atoms with Gasteiger partial charge < -0.3 is 20.3 Å². The fourth-order valence-corrected chi connectivity index (χ4v) is 3.11. The van der Waals surface area contributed by atoms with Crippen molar-refractivity contribution in [3.05, 3.63) is 46.7 Å². The number of Topliss-reactive ketones (excluding diaryl/α,β-unsaturated/α-hetero) is 1. The third-order valence-electron chi connectivity index (χ3n) is 4.00. The molecule has 2 atom stereocenters. The van der Waals surface area contributed by atoms with E-state index < -0.39 is 23.1 Å². The lowest BCUT2D eigenvalue weighted by Gasteiger charge is -2.31. The first-order valence-corrected chi connectivity index (χ1v) is 6.63. The highest BCUT2D eigenvalue weighted by molar-refractivity contribution is 6.16. The van der Waals surface area contributed by atoms with Crippen molar-refractivity contribution in [2.75, 3.05) is 6.61 Å². The molecular weight excluding hydrogens is 274 g/mol. The molecule has 1 aromatic rings. The molecule has 1 aromatic carbocycles. The van der Waals surface area contributed by atoms with Gasteiger partial charge in [-0.1, -0.05) is 24.3 Å². The first-order chi connectivity index (χ1) is 9.88. The lowest BCUT2D eigenvalue weighted by Crippen LogP contribution is -2.56. The highest BCUT2D eigenvalue weighted by atomic mass is 16.5. The van der Waals surface area contributed by atoms with Crippen molar-refractivity contribution >= 4 is 11.8 Å². The van der Waals surface area contributed by atoms with Crippen molar-refractivity contribution in [3.8, 4) is 0 Å². The van der Waals surface area contributed by atoms with Gasteiger partial charge in [0.2, 0.25) is 17.1 Å². The second-order valence-electron chi connectivity index (χ2n) is 5.14. The van der Waals surface area contributed by atoms with E-state index in [9.17, 15) is 19.8 Å². The lowest BCUT2D eigenvalue weighted by molar-refractivity contribution is -0.146. The number of benzene rings is 1. The zero-order chi connectivity index (χ0) is 15.4. The van der Waals surface area contributed by atoms with E-state index in [-0.39, 0.29) is 29.0 Å². The summed E-state index contributed by atoms with van der Waals surface area (Å²) in [4.78, 5) is 24.7. The SMILES string of the molecule is CCOC(=O)C1=C(C)N[C@@]2(O)c3ccccc3C(=O)[C@]12O. The number of allylic oxidation sites excluding steroid dienone is 1. The maximum atomic E-state index is 12.6. The highest BCUT2D eigenvalue weighted by Gasteiger charge is 2.70. The Morgan fingerprint density at radius 1 is 1.33 bits per heavy atom. The fraction of sp³-hybridized carbons (Fsp3) is 0.333. The van der Waals surface area contributed by atoms with Crippen molar-refractivity contribution in [1.82, 2.24) is 5.32 Å². The second-order valence-corrected chi connectivity index (χ2v) is 5.14. The summed E-state index contributed by atoms with van der Waals surface area (Å²) in [7, 11) is 0. The summed E-state index contributed by atoms with van der Waals surface area (Å²) in [6.45, 7) is 3.24. The number of fused-ring (bicyclic) bond motifs is 3. The minimum Gasteiger partial charge on any atom is -0.462 e.